The molecule has 0 bridgehead atoms. The minimum absolute atomic E-state index is 0.741. The van der Waals surface area contributed by atoms with Crippen molar-refractivity contribution in [2.45, 2.75) is 20.4 Å². The Morgan fingerprint density at radius 1 is 1.31 bits per heavy atom. The van der Waals surface area contributed by atoms with Gasteiger partial charge in [-0.05, 0) is 31.3 Å². The Bertz CT molecular complexity index is 474. The first-order chi connectivity index (χ1) is 7.72. The Kier molecular flexibility index (Phi) is 3.46. The summed E-state index contributed by atoms with van der Waals surface area (Å²) in [6.45, 7) is 7.24. The van der Waals surface area contributed by atoms with E-state index >= 15 is 0 Å². The summed E-state index contributed by atoms with van der Waals surface area (Å²) in [7, 11) is 0. The lowest BCUT2D eigenvalue weighted by molar-refractivity contribution is 0.289. The molecule has 2 rings (SSSR count). The van der Waals surface area contributed by atoms with Crippen LogP contribution in [-0.2, 0) is 6.54 Å². The lowest BCUT2D eigenvalue weighted by Gasteiger charge is -2.15. The van der Waals surface area contributed by atoms with Crippen molar-refractivity contribution < 1.29 is 0 Å². The molecule has 1 aromatic carbocycles. The third-order valence-electron chi connectivity index (χ3n) is 2.76. The predicted octanol–water partition coefficient (Wildman–Crippen LogP) is 3.06. The number of imidazole rings is 1. The second kappa shape index (κ2) is 4.85. The summed E-state index contributed by atoms with van der Waals surface area (Å²) in [6.07, 6.45) is 0. The van der Waals surface area contributed by atoms with Gasteiger partial charge in [0, 0.05) is 5.02 Å². The molecule has 0 unspecified atom stereocenters. The lowest BCUT2D eigenvalue weighted by atomic mass is 10.3. The number of benzene rings is 1. The van der Waals surface area contributed by atoms with Gasteiger partial charge in [0.1, 0.15) is 5.82 Å². The highest BCUT2D eigenvalue weighted by molar-refractivity contribution is 6.31. The maximum absolute atomic E-state index is 5.93. The first kappa shape index (κ1) is 11.4. The number of halogens is 1. The van der Waals surface area contributed by atoms with E-state index in [1.807, 2.05) is 18.2 Å². The Morgan fingerprint density at radius 2 is 2.06 bits per heavy atom. The van der Waals surface area contributed by atoms with E-state index in [4.69, 9.17) is 11.6 Å². The third kappa shape index (κ3) is 2.36. The summed E-state index contributed by atoms with van der Waals surface area (Å²) < 4.78 is 0. The van der Waals surface area contributed by atoms with E-state index < -0.39 is 0 Å². The summed E-state index contributed by atoms with van der Waals surface area (Å²) in [5, 5.41) is 0.741. The van der Waals surface area contributed by atoms with Crippen LogP contribution >= 0.6 is 11.6 Å². The molecule has 0 saturated carbocycles. The average Bonchev–Trinajstić information content (AvgIpc) is 2.67. The van der Waals surface area contributed by atoms with Gasteiger partial charge in [0.25, 0.3) is 0 Å². The minimum atomic E-state index is 0.741. The van der Waals surface area contributed by atoms with Gasteiger partial charge in [0.2, 0.25) is 0 Å². The van der Waals surface area contributed by atoms with E-state index in [2.05, 4.69) is 28.7 Å². The van der Waals surface area contributed by atoms with Crippen molar-refractivity contribution in [2.75, 3.05) is 13.1 Å². The van der Waals surface area contributed by atoms with Crippen molar-refractivity contribution in [3.05, 3.63) is 29.0 Å². The molecule has 1 N–H and O–H groups in total. The standard InChI is InChI=1S/C12H16ClN3/c1-3-16(4-2)8-12-14-10-6-5-9(13)7-11(10)15-12/h5-7H,3-4,8H2,1-2H3,(H,14,15). The van der Waals surface area contributed by atoms with Crippen LogP contribution < -0.4 is 0 Å². The van der Waals surface area contributed by atoms with Crippen molar-refractivity contribution >= 4 is 22.6 Å². The Hall–Kier alpha value is -1.06. The zero-order valence-electron chi connectivity index (χ0n) is 9.63. The van der Waals surface area contributed by atoms with Crippen LogP contribution in [0.5, 0.6) is 0 Å². The quantitative estimate of drug-likeness (QED) is 0.887. The summed E-state index contributed by atoms with van der Waals surface area (Å²) >= 11 is 5.93. The molecule has 3 nitrogen and oxygen atoms in total. The normalized spacial score (nSPS) is 11.5. The molecule has 0 saturated heterocycles. The molecule has 2 aromatic rings. The van der Waals surface area contributed by atoms with Crippen molar-refractivity contribution in [2.24, 2.45) is 0 Å². The highest BCUT2D eigenvalue weighted by Crippen LogP contribution is 2.17. The van der Waals surface area contributed by atoms with Gasteiger partial charge in [-0.3, -0.25) is 4.90 Å². The second-order valence-electron chi connectivity index (χ2n) is 3.81. The molecule has 4 heteroatoms. The van der Waals surface area contributed by atoms with Crippen molar-refractivity contribution in [1.82, 2.24) is 14.9 Å². The van der Waals surface area contributed by atoms with Gasteiger partial charge in [-0.2, -0.15) is 0 Å². The molecule has 0 aliphatic rings. The number of hydrogen-bond acceptors (Lipinski definition) is 2. The molecule has 1 aromatic heterocycles. The van der Waals surface area contributed by atoms with Crippen LogP contribution in [0.15, 0.2) is 18.2 Å². The van der Waals surface area contributed by atoms with E-state index in [0.717, 1.165) is 41.5 Å². The van der Waals surface area contributed by atoms with E-state index in [9.17, 15) is 0 Å². The topological polar surface area (TPSA) is 31.9 Å². The van der Waals surface area contributed by atoms with Gasteiger partial charge >= 0.3 is 0 Å². The fourth-order valence-electron chi connectivity index (χ4n) is 1.77. The molecule has 0 spiro atoms. The van der Waals surface area contributed by atoms with Crippen molar-refractivity contribution in [3.8, 4) is 0 Å². The fraction of sp³-hybridized carbons (Fsp3) is 0.417. The van der Waals surface area contributed by atoms with E-state index in [1.54, 1.807) is 0 Å². The van der Waals surface area contributed by atoms with Crippen LogP contribution in [-0.4, -0.2) is 28.0 Å². The van der Waals surface area contributed by atoms with Gasteiger partial charge in [0.05, 0.1) is 17.6 Å². The second-order valence-corrected chi connectivity index (χ2v) is 4.24. The predicted molar refractivity (Wildman–Crippen MR) is 67.7 cm³/mol. The first-order valence-electron chi connectivity index (χ1n) is 5.59. The molecular formula is C12H16ClN3. The molecule has 0 fully saturated rings. The number of nitrogens with one attached hydrogen (secondary N) is 1. The molecule has 0 atom stereocenters. The molecule has 86 valence electrons. The van der Waals surface area contributed by atoms with E-state index in [1.165, 1.54) is 0 Å². The van der Waals surface area contributed by atoms with Crippen LogP contribution in [0.3, 0.4) is 0 Å². The Morgan fingerprint density at radius 3 is 2.75 bits per heavy atom. The molecule has 16 heavy (non-hydrogen) atoms. The number of nitrogens with zero attached hydrogens (tertiary/aromatic N) is 2. The summed E-state index contributed by atoms with van der Waals surface area (Å²) in [4.78, 5) is 10.2. The highest BCUT2D eigenvalue weighted by Gasteiger charge is 2.06. The van der Waals surface area contributed by atoms with Gasteiger partial charge in [0.15, 0.2) is 0 Å². The van der Waals surface area contributed by atoms with Gasteiger partial charge in [-0.15, -0.1) is 0 Å². The number of H-pyrrole nitrogens is 1. The number of aromatic amines is 1. The van der Waals surface area contributed by atoms with Gasteiger partial charge in [-0.1, -0.05) is 25.4 Å². The molecule has 0 radical (unpaired) electrons. The Balaban J connectivity index is 2.25. The third-order valence-corrected chi connectivity index (χ3v) is 3.00. The van der Waals surface area contributed by atoms with Crippen LogP contribution in [0.1, 0.15) is 19.7 Å². The van der Waals surface area contributed by atoms with Gasteiger partial charge in [-0.25, -0.2) is 4.98 Å². The zero-order chi connectivity index (χ0) is 11.5. The molecular weight excluding hydrogens is 222 g/mol. The number of aromatic nitrogens is 2. The minimum Gasteiger partial charge on any atom is -0.341 e. The smallest absolute Gasteiger partial charge is 0.121 e. The van der Waals surface area contributed by atoms with Crippen LogP contribution in [0.4, 0.5) is 0 Å². The van der Waals surface area contributed by atoms with E-state index in [-0.39, 0.29) is 0 Å². The fourth-order valence-corrected chi connectivity index (χ4v) is 1.94. The summed E-state index contributed by atoms with van der Waals surface area (Å²) in [5.41, 5.74) is 1.99. The monoisotopic (exact) mass is 237 g/mol. The van der Waals surface area contributed by atoms with Crippen LogP contribution in [0.25, 0.3) is 11.0 Å². The summed E-state index contributed by atoms with van der Waals surface area (Å²) in [6, 6.07) is 5.72. The molecule has 0 amide bonds. The highest BCUT2D eigenvalue weighted by atomic mass is 35.5. The Labute approximate surface area is 100 Å². The maximum Gasteiger partial charge on any atom is 0.121 e. The van der Waals surface area contributed by atoms with Crippen molar-refractivity contribution in [3.63, 3.8) is 0 Å². The lowest BCUT2D eigenvalue weighted by Crippen LogP contribution is -2.22. The SMILES string of the molecule is CCN(CC)Cc1nc2ccc(Cl)cc2[nH]1. The molecule has 0 aliphatic heterocycles. The van der Waals surface area contributed by atoms with Crippen LogP contribution in [0, 0.1) is 0 Å². The zero-order valence-corrected chi connectivity index (χ0v) is 10.4. The average molecular weight is 238 g/mol. The van der Waals surface area contributed by atoms with Crippen molar-refractivity contribution in [1.29, 1.82) is 0 Å². The first-order valence-corrected chi connectivity index (χ1v) is 5.97. The van der Waals surface area contributed by atoms with Crippen LogP contribution in [0.2, 0.25) is 5.02 Å². The van der Waals surface area contributed by atoms with Gasteiger partial charge < -0.3 is 4.98 Å². The van der Waals surface area contributed by atoms with E-state index in [0.29, 0.717) is 0 Å². The molecule has 0 aliphatic carbocycles. The number of hydrogen-bond donors (Lipinski definition) is 1. The number of rotatable bonds is 4. The number of fused-ring (bicyclic) bond motifs is 1. The largest absolute Gasteiger partial charge is 0.341 e. The maximum atomic E-state index is 5.93. The summed E-state index contributed by atoms with van der Waals surface area (Å²) in [5.74, 6) is 1.00. The molecule has 1 heterocycles.